The third-order valence-electron chi connectivity index (χ3n) is 4.58. The zero-order valence-electron chi connectivity index (χ0n) is 12.9. The van der Waals surface area contributed by atoms with Crippen LogP contribution in [-0.2, 0) is 0 Å². The Balaban J connectivity index is 2.09. The lowest BCUT2D eigenvalue weighted by atomic mass is 9.86. The zero-order valence-corrected chi connectivity index (χ0v) is 12.9. The summed E-state index contributed by atoms with van der Waals surface area (Å²) >= 11 is 0. The van der Waals surface area contributed by atoms with Gasteiger partial charge in [-0.05, 0) is 42.4 Å². The molecule has 2 N–H and O–H groups in total. The molecule has 2 aliphatic rings. The highest BCUT2D eigenvalue weighted by Gasteiger charge is 2.53. The van der Waals surface area contributed by atoms with E-state index in [0.29, 0.717) is 28.5 Å². The minimum atomic E-state index is -3.88. The molecule has 0 aliphatic carbocycles. The van der Waals surface area contributed by atoms with Gasteiger partial charge >= 0.3 is 6.97 Å². The molecule has 3 heterocycles. The second-order valence-corrected chi connectivity index (χ2v) is 6.05. The molecule has 23 heavy (non-hydrogen) atoms. The van der Waals surface area contributed by atoms with Crippen LogP contribution in [0.2, 0.25) is 0 Å². The fourth-order valence-electron chi connectivity index (χ4n) is 3.52. The van der Waals surface area contributed by atoms with Crippen molar-refractivity contribution in [2.24, 2.45) is 0 Å². The fourth-order valence-corrected chi connectivity index (χ4v) is 3.52. The number of nitrogens with zero attached hydrogens (tertiary/aromatic N) is 2. The summed E-state index contributed by atoms with van der Waals surface area (Å²) in [4.78, 5) is 0. The van der Waals surface area contributed by atoms with Crippen LogP contribution in [0.3, 0.4) is 0 Å². The van der Waals surface area contributed by atoms with Crippen molar-refractivity contribution in [3.8, 4) is 0 Å². The lowest BCUT2D eigenvalue weighted by Gasteiger charge is -2.32. The number of nitrogen functional groups attached to an aromatic ring is 1. The molecule has 1 aromatic carbocycles. The van der Waals surface area contributed by atoms with Gasteiger partial charge in [0.25, 0.3) is 0 Å². The number of halogens is 2. The van der Waals surface area contributed by atoms with Crippen molar-refractivity contribution in [1.82, 2.24) is 4.48 Å². The molecule has 0 radical (unpaired) electrons. The molecule has 0 atom stereocenters. The number of aromatic nitrogens is 1. The van der Waals surface area contributed by atoms with E-state index in [-0.39, 0.29) is 0 Å². The molecule has 1 aromatic heterocycles. The highest BCUT2D eigenvalue weighted by atomic mass is 19.2. The smallest absolute Gasteiger partial charge is 0.399 e. The summed E-state index contributed by atoms with van der Waals surface area (Å²) < 4.78 is 32.5. The fraction of sp³-hybridized carbons (Fsp3) is 0.118. The number of nitrogens with two attached hydrogens (primary N) is 1. The van der Waals surface area contributed by atoms with Crippen LogP contribution in [-0.4, -0.2) is 21.6 Å². The number of allylic oxidation sites excluding steroid dienone is 2. The lowest BCUT2D eigenvalue weighted by Crippen LogP contribution is -2.51. The highest BCUT2D eigenvalue weighted by molar-refractivity contribution is 6.58. The van der Waals surface area contributed by atoms with Crippen LogP contribution < -0.4 is 5.73 Å². The van der Waals surface area contributed by atoms with Crippen molar-refractivity contribution in [1.29, 1.82) is 0 Å². The number of rotatable bonds is 1. The second kappa shape index (κ2) is 4.44. The van der Waals surface area contributed by atoms with Gasteiger partial charge < -0.3 is 23.3 Å². The summed E-state index contributed by atoms with van der Waals surface area (Å²) in [6.07, 6.45) is 3.51. The van der Waals surface area contributed by atoms with Crippen LogP contribution in [0.1, 0.15) is 23.9 Å². The number of fused-ring (bicyclic) bond motifs is 2. The number of anilines is 1. The van der Waals surface area contributed by atoms with E-state index in [4.69, 9.17) is 5.73 Å². The van der Waals surface area contributed by atoms with Crippen molar-refractivity contribution < 1.29 is 13.1 Å². The molecule has 3 nitrogen and oxygen atoms in total. The molecule has 2 aliphatic heterocycles. The summed E-state index contributed by atoms with van der Waals surface area (Å²) in [7, 11) is 0. The van der Waals surface area contributed by atoms with Crippen LogP contribution in [0.25, 0.3) is 5.57 Å². The lowest BCUT2D eigenvalue weighted by molar-refractivity contribution is -0.362. The van der Waals surface area contributed by atoms with E-state index in [1.807, 2.05) is 12.1 Å². The van der Waals surface area contributed by atoms with Gasteiger partial charge in [-0.3, -0.25) is 0 Å². The Labute approximate surface area is 133 Å². The Bertz CT molecular complexity index is 918. The van der Waals surface area contributed by atoms with Crippen molar-refractivity contribution in [3.63, 3.8) is 0 Å². The zero-order chi connectivity index (χ0) is 16.4. The van der Waals surface area contributed by atoms with Gasteiger partial charge in [0.05, 0.1) is 5.57 Å². The topological polar surface area (TPSA) is 34.0 Å². The van der Waals surface area contributed by atoms with Crippen LogP contribution in [0.5, 0.6) is 0 Å². The Morgan fingerprint density at radius 3 is 2.39 bits per heavy atom. The number of hydrogen-bond acceptors (Lipinski definition) is 1. The molecule has 0 saturated heterocycles. The normalized spacial score (nSPS) is 18.4. The Kier molecular flexibility index (Phi) is 2.70. The van der Waals surface area contributed by atoms with Gasteiger partial charge in [-0.15, -0.1) is 0 Å². The second-order valence-electron chi connectivity index (χ2n) is 6.05. The molecular weight excluding hydrogens is 295 g/mol. The van der Waals surface area contributed by atoms with Gasteiger partial charge in [0.1, 0.15) is 5.71 Å². The summed E-state index contributed by atoms with van der Waals surface area (Å²) in [5.74, 6) is 0. The summed E-state index contributed by atoms with van der Waals surface area (Å²) in [5.41, 5.74) is 10.3. The third-order valence-corrected chi connectivity index (χ3v) is 4.58. The largest absolute Gasteiger partial charge is 0.737 e. The van der Waals surface area contributed by atoms with Crippen molar-refractivity contribution >= 4 is 23.9 Å². The predicted molar refractivity (Wildman–Crippen MR) is 89.5 cm³/mol. The SMILES string of the molecule is CC1=[N+]2C(=C(c3ccc(N)cc3)c3ccc(C)n3[B-]2(F)F)C=C1. The maximum absolute atomic E-state index is 15.1. The first kappa shape index (κ1) is 14.0. The van der Waals surface area contributed by atoms with Gasteiger partial charge in [-0.1, -0.05) is 12.1 Å². The monoisotopic (exact) mass is 311 g/mol. The molecule has 0 spiro atoms. The average Bonchev–Trinajstić information content (AvgIpc) is 3.06. The summed E-state index contributed by atoms with van der Waals surface area (Å²) in [6.45, 7) is -0.460. The molecular formula is C17H16BF2N3. The quantitative estimate of drug-likeness (QED) is 0.635. The van der Waals surface area contributed by atoms with Gasteiger partial charge in [-0.2, -0.15) is 0 Å². The van der Waals surface area contributed by atoms with Crippen LogP contribution >= 0.6 is 0 Å². The van der Waals surface area contributed by atoms with Gasteiger partial charge in [0.2, 0.25) is 0 Å². The molecule has 2 aromatic rings. The Morgan fingerprint density at radius 2 is 1.70 bits per heavy atom. The van der Waals surface area contributed by atoms with Crippen LogP contribution in [0.4, 0.5) is 14.3 Å². The minimum Gasteiger partial charge on any atom is -0.399 e. The van der Waals surface area contributed by atoms with E-state index in [1.165, 1.54) is 0 Å². The van der Waals surface area contributed by atoms with Gasteiger partial charge in [-0.25, -0.2) is 0 Å². The standard InChI is InChI=1S/C17H16BF2N3/c1-11-3-9-15-17(13-5-7-14(21)8-6-13)16-10-4-12(2)23(16)18(19,20)22(11)15/h3-10H,21H2,1-2H3. The average molecular weight is 311 g/mol. The summed E-state index contributed by atoms with van der Waals surface area (Å²) in [5, 5.41) is 0. The molecule has 0 bridgehead atoms. The number of hydrogen-bond donors (Lipinski definition) is 1. The van der Waals surface area contributed by atoms with E-state index in [2.05, 4.69) is 0 Å². The van der Waals surface area contributed by atoms with Crippen molar-refractivity contribution in [2.75, 3.05) is 5.73 Å². The number of benzene rings is 1. The number of aryl methyl sites for hydroxylation is 1. The van der Waals surface area contributed by atoms with E-state index in [1.54, 1.807) is 50.3 Å². The van der Waals surface area contributed by atoms with Crippen molar-refractivity contribution in [2.45, 2.75) is 13.8 Å². The molecule has 116 valence electrons. The maximum Gasteiger partial charge on any atom is 0.737 e. The maximum atomic E-state index is 15.1. The van der Waals surface area contributed by atoms with Crippen molar-refractivity contribution in [3.05, 3.63) is 71.2 Å². The summed E-state index contributed by atoms with van der Waals surface area (Å²) in [6, 6.07) is 10.8. The van der Waals surface area contributed by atoms with Gasteiger partial charge in [0, 0.05) is 30.5 Å². The first-order valence-electron chi connectivity index (χ1n) is 7.53. The van der Waals surface area contributed by atoms with E-state index in [9.17, 15) is 0 Å². The van der Waals surface area contributed by atoms with E-state index >= 15 is 8.63 Å². The molecule has 0 amide bonds. The first-order chi connectivity index (χ1) is 10.9. The molecule has 0 fully saturated rings. The van der Waals surface area contributed by atoms with E-state index in [0.717, 1.165) is 20.1 Å². The third kappa shape index (κ3) is 1.78. The molecule has 0 saturated carbocycles. The van der Waals surface area contributed by atoms with Crippen LogP contribution in [0.15, 0.2) is 54.2 Å². The first-order valence-corrected chi connectivity index (χ1v) is 7.53. The predicted octanol–water partition coefficient (Wildman–Crippen LogP) is 3.42. The highest BCUT2D eigenvalue weighted by Crippen LogP contribution is 2.40. The van der Waals surface area contributed by atoms with Crippen LogP contribution in [0, 0.1) is 6.92 Å². The minimum absolute atomic E-state index is 0.544. The molecule has 6 heteroatoms. The molecule has 0 unspecified atom stereocenters. The van der Waals surface area contributed by atoms with Gasteiger partial charge in [0.15, 0.2) is 5.70 Å². The Morgan fingerprint density at radius 1 is 1.00 bits per heavy atom. The van der Waals surface area contributed by atoms with E-state index < -0.39 is 6.97 Å². The molecule has 4 rings (SSSR count). The Hall–Kier alpha value is -2.63.